The van der Waals surface area contributed by atoms with Crippen LogP contribution in [0, 0.1) is 23.7 Å². The van der Waals surface area contributed by atoms with Crippen molar-refractivity contribution in [1.29, 1.82) is 0 Å². The topological polar surface area (TPSA) is 106 Å². The molecule has 1 saturated heterocycles. The number of rotatable bonds is 11. The zero-order chi connectivity index (χ0) is 37.4. The zero-order valence-electron chi connectivity index (χ0n) is 31.2. The van der Waals surface area contributed by atoms with Gasteiger partial charge < -0.3 is 29.6 Å². The van der Waals surface area contributed by atoms with Gasteiger partial charge in [-0.05, 0) is 73.0 Å². The molecule has 4 atom stereocenters. The summed E-state index contributed by atoms with van der Waals surface area (Å²) in [5, 5.41) is 16.8. The van der Waals surface area contributed by atoms with Crippen molar-refractivity contribution in [3.05, 3.63) is 131 Å². The highest BCUT2D eigenvalue weighted by atomic mass is 32.2. The van der Waals surface area contributed by atoms with Gasteiger partial charge in [-0.1, -0.05) is 128 Å². The number of aliphatic hydroxyl groups is 1. The molecule has 10 rings (SSSR count). The summed E-state index contributed by atoms with van der Waals surface area (Å²) in [6.45, 7) is 2.60. The van der Waals surface area contributed by atoms with E-state index in [4.69, 9.17) is 18.9 Å². The lowest BCUT2D eigenvalue weighted by atomic mass is 9.53. The van der Waals surface area contributed by atoms with E-state index in [0.717, 1.165) is 81.9 Å². The second-order valence-electron chi connectivity index (χ2n) is 16.3. The van der Waals surface area contributed by atoms with Gasteiger partial charge in [-0.3, -0.25) is 0 Å². The predicted molar refractivity (Wildman–Crippen MR) is 214 cm³/mol. The van der Waals surface area contributed by atoms with Crippen molar-refractivity contribution in [1.82, 2.24) is 15.6 Å². The van der Waals surface area contributed by atoms with Gasteiger partial charge in [0.2, 0.25) is 0 Å². The summed E-state index contributed by atoms with van der Waals surface area (Å²) in [6, 6.07) is 36.3. The van der Waals surface area contributed by atoms with Crippen LogP contribution < -0.4 is 10.6 Å². The number of oxazole rings is 1. The largest absolute Gasteiger partial charge is 0.431 e. The molecule has 0 spiro atoms. The SMILES string of the molecule is C[C@@H]1[C@H](CSc2nc(-c3ccccc3)c(-c3ccccc3)o2)O[C@H](c2ccc(CNC(=O)NC34CC5CC(CC(C5)C3)C4)cc2)O[C@@H]1c1ccc(CO)cc1. The highest BCUT2D eigenvalue weighted by Gasteiger charge is 2.51. The average Bonchev–Trinajstić information content (AvgIpc) is 3.64. The Morgan fingerprint density at radius 2 is 1.38 bits per heavy atom. The molecule has 5 aliphatic rings. The van der Waals surface area contributed by atoms with E-state index in [-0.39, 0.29) is 36.3 Å². The average molecular weight is 756 g/mol. The molecule has 5 aromatic rings. The van der Waals surface area contributed by atoms with Crippen LogP contribution >= 0.6 is 11.8 Å². The van der Waals surface area contributed by atoms with Crippen LogP contribution in [0.2, 0.25) is 0 Å². The minimum absolute atomic E-state index is 0.0103. The standard InChI is InChI=1S/C46H49N3O5S/c1-29-39(28-55-45-48-40(35-8-4-2-5-9-35)42(54-45)36-10-6-3-7-11-36)52-43(53-41(29)37-16-14-31(27-50)15-17-37)38-18-12-30(13-19-38)26-47-44(51)49-46-23-32-20-33(24-46)22-34(21-32)25-46/h2-19,29,32-34,39,41,43,50H,20-28H2,1H3,(H2,47,49,51)/t29-,32?,33?,34?,39+,41+,43+,46?/m1/s1. The molecule has 284 valence electrons. The van der Waals surface area contributed by atoms with Crippen LogP contribution in [0.1, 0.15) is 80.1 Å². The van der Waals surface area contributed by atoms with Crippen LogP contribution in [0.5, 0.6) is 0 Å². The molecule has 4 aliphatic carbocycles. The maximum absolute atomic E-state index is 13.1. The fourth-order valence-corrected chi connectivity index (χ4v) is 10.9. The number of carbonyl (C=O) groups is 1. The third kappa shape index (κ3) is 7.85. The smallest absolute Gasteiger partial charge is 0.315 e. The fraction of sp³-hybridized carbons (Fsp3) is 0.391. The molecule has 3 N–H and O–H groups in total. The number of nitrogens with one attached hydrogen (secondary N) is 2. The van der Waals surface area contributed by atoms with E-state index in [2.05, 4.69) is 29.7 Å². The van der Waals surface area contributed by atoms with Gasteiger partial charge in [-0.2, -0.15) is 0 Å². The molecule has 2 amide bonds. The molecule has 8 nitrogen and oxygen atoms in total. The number of hydrogen-bond donors (Lipinski definition) is 3. The van der Waals surface area contributed by atoms with Gasteiger partial charge in [-0.25, -0.2) is 9.78 Å². The van der Waals surface area contributed by atoms with Gasteiger partial charge in [0, 0.05) is 40.4 Å². The Hall–Kier alpha value is -4.41. The Kier molecular flexibility index (Phi) is 10.3. The number of benzene rings is 4. The van der Waals surface area contributed by atoms with Crippen LogP contribution in [-0.4, -0.2) is 33.5 Å². The molecule has 5 fully saturated rings. The summed E-state index contributed by atoms with van der Waals surface area (Å²) in [5.74, 6) is 3.71. The Balaban J connectivity index is 0.899. The molecular formula is C46H49N3O5S. The summed E-state index contributed by atoms with van der Waals surface area (Å²) in [6.07, 6.45) is 6.43. The van der Waals surface area contributed by atoms with Crippen LogP contribution in [0.4, 0.5) is 4.79 Å². The first-order chi connectivity index (χ1) is 26.9. The van der Waals surface area contributed by atoms with Gasteiger partial charge in [0.05, 0.1) is 18.8 Å². The zero-order valence-corrected chi connectivity index (χ0v) is 32.0. The predicted octanol–water partition coefficient (Wildman–Crippen LogP) is 9.85. The highest BCUT2D eigenvalue weighted by Crippen LogP contribution is 2.55. The Bertz CT molecular complexity index is 1980. The van der Waals surface area contributed by atoms with Crippen LogP contribution in [0.15, 0.2) is 119 Å². The number of nitrogens with zero attached hydrogens (tertiary/aromatic N) is 1. The molecule has 55 heavy (non-hydrogen) atoms. The van der Waals surface area contributed by atoms with Crippen molar-refractivity contribution in [2.75, 3.05) is 5.75 Å². The second kappa shape index (κ2) is 15.6. The summed E-state index contributed by atoms with van der Waals surface area (Å²) in [4.78, 5) is 18.1. The summed E-state index contributed by atoms with van der Waals surface area (Å²) >= 11 is 1.55. The van der Waals surface area contributed by atoms with Gasteiger partial charge in [0.25, 0.3) is 5.22 Å². The number of urea groups is 1. The number of aliphatic hydroxyl groups excluding tert-OH is 1. The molecule has 9 heteroatoms. The molecular weight excluding hydrogens is 707 g/mol. The normalized spacial score (nSPS) is 28.2. The minimum Gasteiger partial charge on any atom is -0.431 e. The second-order valence-corrected chi connectivity index (χ2v) is 17.2. The monoisotopic (exact) mass is 755 g/mol. The molecule has 4 saturated carbocycles. The van der Waals surface area contributed by atoms with Gasteiger partial charge in [0.15, 0.2) is 12.1 Å². The maximum atomic E-state index is 13.1. The van der Waals surface area contributed by atoms with Crippen molar-refractivity contribution < 1.29 is 23.8 Å². The minimum atomic E-state index is -0.602. The molecule has 0 radical (unpaired) electrons. The Labute approximate surface area is 327 Å². The Morgan fingerprint density at radius 1 is 0.782 bits per heavy atom. The summed E-state index contributed by atoms with van der Waals surface area (Å²) < 4.78 is 19.9. The molecule has 4 aromatic carbocycles. The van der Waals surface area contributed by atoms with E-state index in [1.54, 1.807) is 11.8 Å². The van der Waals surface area contributed by atoms with E-state index in [9.17, 15) is 9.90 Å². The van der Waals surface area contributed by atoms with E-state index in [1.807, 2.05) is 97.1 Å². The molecule has 2 heterocycles. The van der Waals surface area contributed by atoms with Crippen molar-refractivity contribution >= 4 is 17.8 Å². The van der Waals surface area contributed by atoms with E-state index in [0.29, 0.717) is 17.5 Å². The quantitative estimate of drug-likeness (QED) is 0.115. The van der Waals surface area contributed by atoms with Gasteiger partial charge in [0.1, 0.15) is 5.69 Å². The van der Waals surface area contributed by atoms with Crippen LogP contribution in [0.3, 0.4) is 0 Å². The third-order valence-corrected chi connectivity index (χ3v) is 13.2. The van der Waals surface area contributed by atoms with Crippen LogP contribution in [-0.2, 0) is 22.6 Å². The van der Waals surface area contributed by atoms with E-state index >= 15 is 0 Å². The number of aromatic nitrogens is 1. The lowest BCUT2D eigenvalue weighted by Gasteiger charge is -2.56. The number of hydrogen-bond acceptors (Lipinski definition) is 7. The first-order valence-corrected chi connectivity index (χ1v) is 20.8. The molecule has 0 unspecified atom stereocenters. The lowest BCUT2D eigenvalue weighted by molar-refractivity contribution is -0.268. The number of ether oxygens (including phenoxy) is 2. The highest BCUT2D eigenvalue weighted by molar-refractivity contribution is 7.99. The van der Waals surface area contributed by atoms with Gasteiger partial charge in [-0.15, -0.1) is 0 Å². The molecule has 1 aromatic heterocycles. The maximum Gasteiger partial charge on any atom is 0.315 e. The number of carbonyl (C=O) groups excluding carboxylic acids is 1. The van der Waals surface area contributed by atoms with Crippen molar-refractivity contribution in [3.8, 4) is 22.6 Å². The Morgan fingerprint density at radius 3 is 2.02 bits per heavy atom. The summed E-state index contributed by atoms with van der Waals surface area (Å²) in [7, 11) is 0. The fourth-order valence-electron chi connectivity index (χ4n) is 9.93. The van der Waals surface area contributed by atoms with E-state index < -0.39 is 6.29 Å². The molecule has 4 bridgehead atoms. The lowest BCUT2D eigenvalue weighted by Crippen LogP contribution is -2.61. The van der Waals surface area contributed by atoms with Crippen LogP contribution in [0.25, 0.3) is 22.6 Å². The van der Waals surface area contributed by atoms with Crippen molar-refractivity contribution in [3.63, 3.8) is 0 Å². The first-order valence-electron chi connectivity index (χ1n) is 19.8. The number of thioether (sulfide) groups is 1. The third-order valence-electron chi connectivity index (χ3n) is 12.3. The molecule has 1 aliphatic heterocycles. The number of amides is 2. The summed E-state index contributed by atoms with van der Waals surface area (Å²) in [5.41, 5.74) is 6.60. The first kappa shape index (κ1) is 36.2. The van der Waals surface area contributed by atoms with Crippen molar-refractivity contribution in [2.45, 2.75) is 87.9 Å². The van der Waals surface area contributed by atoms with E-state index in [1.165, 1.54) is 19.3 Å². The van der Waals surface area contributed by atoms with Gasteiger partial charge >= 0.3 is 6.03 Å². The van der Waals surface area contributed by atoms with Crippen molar-refractivity contribution in [2.24, 2.45) is 23.7 Å².